The summed E-state index contributed by atoms with van der Waals surface area (Å²) in [6.07, 6.45) is 0.471. The Morgan fingerprint density at radius 2 is 1.70 bits per heavy atom. The van der Waals surface area contributed by atoms with E-state index in [4.69, 9.17) is 0 Å². The van der Waals surface area contributed by atoms with Crippen LogP contribution in [0.3, 0.4) is 0 Å². The van der Waals surface area contributed by atoms with E-state index in [1.165, 1.54) is 24.3 Å². The number of hydrogen-bond acceptors (Lipinski definition) is 2. The van der Waals surface area contributed by atoms with Crippen molar-refractivity contribution in [1.82, 2.24) is 5.32 Å². The maximum absolute atomic E-state index is 13.4. The molecule has 0 heterocycles. The molecule has 0 saturated heterocycles. The molecule has 2 N–H and O–H groups in total. The molecule has 2 amide bonds. The summed E-state index contributed by atoms with van der Waals surface area (Å²) in [5.74, 6) is -2.47. The number of carbonyl (C=O) groups excluding carboxylic acids is 2. The number of benzene rings is 2. The van der Waals surface area contributed by atoms with E-state index in [0.29, 0.717) is 12.0 Å². The minimum atomic E-state index is -0.868. The lowest BCUT2D eigenvalue weighted by molar-refractivity contribution is -0.136. The van der Waals surface area contributed by atoms with Gasteiger partial charge in [0, 0.05) is 12.2 Å². The van der Waals surface area contributed by atoms with Gasteiger partial charge in [0.15, 0.2) is 0 Å². The van der Waals surface area contributed by atoms with Crippen molar-refractivity contribution >= 4 is 17.5 Å². The Balaban J connectivity index is 1.81. The summed E-state index contributed by atoms with van der Waals surface area (Å²) in [5.41, 5.74) is 1.51. The van der Waals surface area contributed by atoms with E-state index in [1.54, 1.807) is 19.1 Å². The molecule has 0 fully saturated rings. The summed E-state index contributed by atoms with van der Waals surface area (Å²) in [7, 11) is 0. The maximum Gasteiger partial charge on any atom is 0.313 e. The fraction of sp³-hybridized carbons (Fsp3) is 0.176. The SMILES string of the molecule is Cc1ccc(NC(=O)C(=O)NCCc2ccc(F)cc2)cc1F. The molecule has 0 aliphatic rings. The Kier molecular flexibility index (Phi) is 5.41. The third-order valence-electron chi connectivity index (χ3n) is 3.25. The van der Waals surface area contributed by atoms with Crippen LogP contribution in [0.25, 0.3) is 0 Å². The van der Waals surface area contributed by atoms with Crippen molar-refractivity contribution in [2.45, 2.75) is 13.3 Å². The van der Waals surface area contributed by atoms with Gasteiger partial charge in [0.25, 0.3) is 0 Å². The van der Waals surface area contributed by atoms with E-state index in [2.05, 4.69) is 10.6 Å². The normalized spacial score (nSPS) is 10.2. The molecule has 0 aromatic heterocycles. The summed E-state index contributed by atoms with van der Waals surface area (Å²) in [4.78, 5) is 23.4. The highest BCUT2D eigenvalue weighted by atomic mass is 19.1. The van der Waals surface area contributed by atoms with Gasteiger partial charge in [0.2, 0.25) is 0 Å². The predicted octanol–water partition coefficient (Wildman–Crippen LogP) is 2.57. The first-order chi connectivity index (χ1) is 11.0. The molecule has 0 aliphatic heterocycles. The van der Waals surface area contributed by atoms with Gasteiger partial charge in [0.05, 0.1) is 0 Å². The lowest BCUT2D eigenvalue weighted by Gasteiger charge is -2.07. The van der Waals surface area contributed by atoms with Crippen LogP contribution in [0.1, 0.15) is 11.1 Å². The van der Waals surface area contributed by atoms with Gasteiger partial charge in [-0.05, 0) is 48.7 Å². The number of anilines is 1. The Bertz CT molecular complexity index is 715. The van der Waals surface area contributed by atoms with Crippen molar-refractivity contribution in [2.24, 2.45) is 0 Å². The molecule has 0 unspecified atom stereocenters. The third-order valence-corrected chi connectivity index (χ3v) is 3.25. The quantitative estimate of drug-likeness (QED) is 0.851. The number of aryl methyl sites for hydroxylation is 1. The predicted molar refractivity (Wildman–Crippen MR) is 82.9 cm³/mol. The topological polar surface area (TPSA) is 58.2 Å². The van der Waals surface area contributed by atoms with E-state index >= 15 is 0 Å². The van der Waals surface area contributed by atoms with Crippen molar-refractivity contribution in [2.75, 3.05) is 11.9 Å². The molecular formula is C17H16F2N2O2. The average Bonchev–Trinajstić information content (AvgIpc) is 2.52. The standard InChI is InChI=1S/C17H16F2N2O2/c1-11-2-7-14(10-15(11)19)21-17(23)16(22)20-9-8-12-3-5-13(18)6-4-12/h2-7,10H,8-9H2,1H3,(H,20,22)(H,21,23). The smallest absolute Gasteiger partial charge is 0.313 e. The zero-order valence-electron chi connectivity index (χ0n) is 12.5. The molecule has 0 spiro atoms. The van der Waals surface area contributed by atoms with E-state index in [0.717, 1.165) is 11.6 Å². The molecule has 0 aliphatic carbocycles. The number of carbonyl (C=O) groups is 2. The Hall–Kier alpha value is -2.76. The molecule has 4 nitrogen and oxygen atoms in total. The molecular weight excluding hydrogens is 302 g/mol. The molecule has 2 aromatic rings. The summed E-state index contributed by atoms with van der Waals surface area (Å²) in [6.45, 7) is 1.84. The monoisotopic (exact) mass is 318 g/mol. The van der Waals surface area contributed by atoms with Gasteiger partial charge in [-0.1, -0.05) is 18.2 Å². The lowest BCUT2D eigenvalue weighted by atomic mass is 10.1. The molecule has 0 atom stereocenters. The second kappa shape index (κ2) is 7.49. The van der Waals surface area contributed by atoms with Crippen LogP contribution in [0.2, 0.25) is 0 Å². The van der Waals surface area contributed by atoms with Crippen LogP contribution in [-0.4, -0.2) is 18.4 Å². The molecule has 2 rings (SSSR count). The van der Waals surface area contributed by atoms with E-state index in [1.807, 2.05) is 0 Å². The summed E-state index contributed by atoms with van der Waals surface area (Å²) >= 11 is 0. The highest BCUT2D eigenvalue weighted by molar-refractivity contribution is 6.39. The molecule has 6 heteroatoms. The van der Waals surface area contributed by atoms with Crippen LogP contribution in [0.5, 0.6) is 0 Å². The first-order valence-electron chi connectivity index (χ1n) is 7.05. The fourth-order valence-electron chi connectivity index (χ4n) is 1.91. The minimum absolute atomic E-state index is 0.215. The lowest BCUT2D eigenvalue weighted by Crippen LogP contribution is -2.36. The number of nitrogens with one attached hydrogen (secondary N) is 2. The average molecular weight is 318 g/mol. The van der Waals surface area contributed by atoms with Gasteiger partial charge in [-0.15, -0.1) is 0 Å². The van der Waals surface area contributed by atoms with Crippen molar-refractivity contribution in [3.8, 4) is 0 Å². The number of rotatable bonds is 4. The largest absolute Gasteiger partial charge is 0.347 e. The molecule has 23 heavy (non-hydrogen) atoms. The molecule has 120 valence electrons. The van der Waals surface area contributed by atoms with Gasteiger partial charge < -0.3 is 10.6 Å². The van der Waals surface area contributed by atoms with Crippen molar-refractivity contribution in [1.29, 1.82) is 0 Å². The minimum Gasteiger partial charge on any atom is -0.347 e. The van der Waals surface area contributed by atoms with Gasteiger partial charge in [0.1, 0.15) is 11.6 Å². The van der Waals surface area contributed by atoms with Gasteiger partial charge in [-0.3, -0.25) is 9.59 Å². The van der Waals surface area contributed by atoms with Gasteiger partial charge >= 0.3 is 11.8 Å². The van der Waals surface area contributed by atoms with Gasteiger partial charge in [-0.25, -0.2) is 8.78 Å². The fourth-order valence-corrected chi connectivity index (χ4v) is 1.91. The number of hydrogen-bond donors (Lipinski definition) is 2. The molecule has 0 saturated carbocycles. The molecule has 0 radical (unpaired) electrons. The second-order valence-electron chi connectivity index (χ2n) is 5.05. The highest BCUT2D eigenvalue weighted by Gasteiger charge is 2.13. The van der Waals surface area contributed by atoms with Crippen LogP contribution in [-0.2, 0) is 16.0 Å². The number of halogens is 2. The van der Waals surface area contributed by atoms with Crippen LogP contribution < -0.4 is 10.6 Å². The maximum atomic E-state index is 13.4. The van der Waals surface area contributed by atoms with Crippen LogP contribution in [0.4, 0.5) is 14.5 Å². The van der Waals surface area contributed by atoms with E-state index in [9.17, 15) is 18.4 Å². The molecule has 2 aromatic carbocycles. The first-order valence-corrected chi connectivity index (χ1v) is 7.05. The summed E-state index contributed by atoms with van der Waals surface area (Å²) in [6, 6.07) is 10.1. The zero-order valence-corrected chi connectivity index (χ0v) is 12.5. The highest BCUT2D eigenvalue weighted by Crippen LogP contribution is 2.13. The van der Waals surface area contributed by atoms with Crippen LogP contribution >= 0.6 is 0 Å². The van der Waals surface area contributed by atoms with Crippen LogP contribution in [0, 0.1) is 18.6 Å². The van der Waals surface area contributed by atoms with Crippen molar-refractivity contribution in [3.63, 3.8) is 0 Å². The first kappa shape index (κ1) is 16.6. The van der Waals surface area contributed by atoms with E-state index < -0.39 is 17.6 Å². The molecule has 0 bridgehead atoms. The third kappa shape index (κ3) is 4.88. The summed E-state index contributed by atoms with van der Waals surface area (Å²) in [5, 5.41) is 4.78. The summed E-state index contributed by atoms with van der Waals surface area (Å²) < 4.78 is 26.1. The van der Waals surface area contributed by atoms with E-state index in [-0.39, 0.29) is 18.0 Å². The zero-order chi connectivity index (χ0) is 16.8. The van der Waals surface area contributed by atoms with Crippen molar-refractivity contribution in [3.05, 3.63) is 65.2 Å². The van der Waals surface area contributed by atoms with Crippen LogP contribution in [0.15, 0.2) is 42.5 Å². The Morgan fingerprint density at radius 1 is 1.00 bits per heavy atom. The van der Waals surface area contributed by atoms with Gasteiger partial charge in [-0.2, -0.15) is 0 Å². The Morgan fingerprint density at radius 3 is 2.35 bits per heavy atom. The van der Waals surface area contributed by atoms with Crippen molar-refractivity contribution < 1.29 is 18.4 Å². The number of amides is 2. The Labute approximate surface area is 132 Å². The second-order valence-corrected chi connectivity index (χ2v) is 5.05.